The van der Waals surface area contributed by atoms with E-state index < -0.39 is 0 Å². The first-order valence-electron chi connectivity index (χ1n) is 6.58. The van der Waals surface area contributed by atoms with Gasteiger partial charge in [0.1, 0.15) is 0 Å². The molecule has 2 N–H and O–H groups in total. The highest BCUT2D eigenvalue weighted by molar-refractivity contribution is 4.77. The molecule has 0 aromatic heterocycles. The lowest BCUT2D eigenvalue weighted by Gasteiger charge is -2.33. The average molecular weight is 212 g/mol. The van der Waals surface area contributed by atoms with Crippen LogP contribution in [0, 0.1) is 0 Å². The van der Waals surface area contributed by atoms with Gasteiger partial charge in [0.15, 0.2) is 0 Å². The van der Waals surface area contributed by atoms with Gasteiger partial charge in [0.2, 0.25) is 0 Å². The van der Waals surface area contributed by atoms with Crippen LogP contribution in [0.3, 0.4) is 0 Å². The normalized spacial score (nSPS) is 23.8. The molecule has 0 heterocycles. The molecule has 0 aromatic rings. The van der Waals surface area contributed by atoms with Gasteiger partial charge in [0, 0.05) is 18.1 Å². The molecule has 0 aromatic carbocycles. The van der Waals surface area contributed by atoms with Crippen LogP contribution in [-0.4, -0.2) is 30.1 Å². The van der Waals surface area contributed by atoms with Crippen molar-refractivity contribution in [2.24, 2.45) is 5.73 Å². The summed E-state index contributed by atoms with van der Waals surface area (Å²) < 4.78 is 0. The zero-order valence-electron chi connectivity index (χ0n) is 10.7. The Hall–Kier alpha value is -0.0800. The van der Waals surface area contributed by atoms with Gasteiger partial charge in [-0.25, -0.2) is 0 Å². The van der Waals surface area contributed by atoms with E-state index in [0.717, 1.165) is 12.5 Å². The Morgan fingerprint density at radius 2 is 1.67 bits per heavy atom. The van der Waals surface area contributed by atoms with Crippen molar-refractivity contribution in [3.05, 3.63) is 0 Å². The second-order valence-corrected chi connectivity index (χ2v) is 5.37. The molecule has 1 aliphatic rings. The summed E-state index contributed by atoms with van der Waals surface area (Å²) in [7, 11) is 2.28. The third-order valence-electron chi connectivity index (χ3n) is 3.81. The summed E-state index contributed by atoms with van der Waals surface area (Å²) in [6.45, 7) is 4.42. The Kier molecular flexibility index (Phi) is 5.62. The molecule has 1 saturated carbocycles. The Bertz CT molecular complexity index is 160. The van der Waals surface area contributed by atoms with Crippen molar-refractivity contribution in [1.29, 1.82) is 0 Å². The summed E-state index contributed by atoms with van der Waals surface area (Å²) in [4.78, 5) is 2.56. The molecule has 15 heavy (non-hydrogen) atoms. The topological polar surface area (TPSA) is 29.3 Å². The number of hydrogen-bond donors (Lipinski definition) is 1. The third kappa shape index (κ3) is 4.52. The maximum atomic E-state index is 5.86. The molecule has 0 radical (unpaired) electrons. The minimum Gasteiger partial charge on any atom is -0.328 e. The van der Waals surface area contributed by atoms with Crippen LogP contribution in [0.1, 0.15) is 58.8 Å². The second kappa shape index (κ2) is 6.49. The Morgan fingerprint density at radius 1 is 1.13 bits per heavy atom. The Balaban J connectivity index is 2.38. The summed E-state index contributed by atoms with van der Waals surface area (Å²) in [6.07, 6.45) is 9.60. The highest BCUT2D eigenvalue weighted by Gasteiger charge is 2.21. The second-order valence-electron chi connectivity index (χ2n) is 5.37. The quantitative estimate of drug-likeness (QED) is 0.726. The molecule has 2 atom stereocenters. The molecular weight excluding hydrogens is 184 g/mol. The van der Waals surface area contributed by atoms with Crippen LogP contribution in [0.25, 0.3) is 0 Å². The summed E-state index contributed by atoms with van der Waals surface area (Å²) in [5.41, 5.74) is 5.86. The lowest BCUT2D eigenvalue weighted by Crippen LogP contribution is -2.41. The number of nitrogens with two attached hydrogens (primary N) is 1. The standard InChI is InChI=1S/C13H28N2/c1-11(14)10-12(2)15(3)13-8-6-4-5-7-9-13/h11-13H,4-10,14H2,1-3H3. The lowest BCUT2D eigenvalue weighted by molar-refractivity contribution is 0.156. The van der Waals surface area contributed by atoms with Crippen LogP contribution in [0.5, 0.6) is 0 Å². The van der Waals surface area contributed by atoms with Crippen LogP contribution in [0.2, 0.25) is 0 Å². The van der Waals surface area contributed by atoms with Gasteiger partial charge in [0.25, 0.3) is 0 Å². The monoisotopic (exact) mass is 212 g/mol. The van der Waals surface area contributed by atoms with Crippen molar-refractivity contribution in [3.63, 3.8) is 0 Å². The molecule has 0 bridgehead atoms. The van der Waals surface area contributed by atoms with E-state index in [-0.39, 0.29) is 0 Å². The van der Waals surface area contributed by atoms with E-state index in [4.69, 9.17) is 5.73 Å². The van der Waals surface area contributed by atoms with Crippen molar-refractivity contribution in [2.75, 3.05) is 7.05 Å². The third-order valence-corrected chi connectivity index (χ3v) is 3.81. The minimum absolute atomic E-state index is 0.327. The fourth-order valence-electron chi connectivity index (χ4n) is 2.73. The van der Waals surface area contributed by atoms with Gasteiger partial charge in [-0.2, -0.15) is 0 Å². The van der Waals surface area contributed by atoms with E-state index in [1.165, 1.54) is 38.5 Å². The first-order chi connectivity index (χ1) is 7.11. The van der Waals surface area contributed by atoms with Crippen molar-refractivity contribution < 1.29 is 0 Å². The predicted molar refractivity (Wildman–Crippen MR) is 67.0 cm³/mol. The van der Waals surface area contributed by atoms with Gasteiger partial charge >= 0.3 is 0 Å². The summed E-state index contributed by atoms with van der Waals surface area (Å²) in [6, 6.07) is 1.77. The van der Waals surface area contributed by atoms with E-state index in [1.54, 1.807) is 0 Å². The van der Waals surface area contributed by atoms with E-state index in [0.29, 0.717) is 12.1 Å². The zero-order chi connectivity index (χ0) is 11.3. The minimum atomic E-state index is 0.327. The average Bonchev–Trinajstić information content (AvgIpc) is 2.43. The predicted octanol–water partition coefficient (Wildman–Crippen LogP) is 2.77. The smallest absolute Gasteiger partial charge is 0.00950 e. The van der Waals surface area contributed by atoms with Crippen molar-refractivity contribution in [2.45, 2.75) is 76.9 Å². The van der Waals surface area contributed by atoms with Crippen LogP contribution < -0.4 is 5.73 Å². The summed E-state index contributed by atoms with van der Waals surface area (Å²) in [5, 5.41) is 0. The lowest BCUT2D eigenvalue weighted by atomic mass is 10.0. The van der Waals surface area contributed by atoms with E-state index in [2.05, 4.69) is 25.8 Å². The molecular formula is C13H28N2. The summed E-state index contributed by atoms with van der Waals surface area (Å²) >= 11 is 0. The number of rotatable bonds is 4. The maximum Gasteiger partial charge on any atom is 0.00950 e. The maximum absolute atomic E-state index is 5.86. The summed E-state index contributed by atoms with van der Waals surface area (Å²) in [5.74, 6) is 0. The van der Waals surface area contributed by atoms with E-state index in [9.17, 15) is 0 Å². The van der Waals surface area contributed by atoms with Gasteiger partial charge in [-0.05, 0) is 40.2 Å². The van der Waals surface area contributed by atoms with Gasteiger partial charge in [-0.15, -0.1) is 0 Å². The molecule has 1 aliphatic carbocycles. The number of hydrogen-bond acceptors (Lipinski definition) is 2. The molecule has 1 rings (SSSR count). The molecule has 0 aliphatic heterocycles. The van der Waals surface area contributed by atoms with Crippen LogP contribution in [0.15, 0.2) is 0 Å². The zero-order valence-corrected chi connectivity index (χ0v) is 10.7. The van der Waals surface area contributed by atoms with Gasteiger partial charge < -0.3 is 10.6 Å². The highest BCUT2D eigenvalue weighted by Crippen LogP contribution is 2.23. The van der Waals surface area contributed by atoms with E-state index in [1.807, 2.05) is 0 Å². The molecule has 2 unspecified atom stereocenters. The number of nitrogens with zero attached hydrogens (tertiary/aromatic N) is 1. The molecule has 90 valence electrons. The highest BCUT2D eigenvalue weighted by atomic mass is 15.2. The Morgan fingerprint density at radius 3 is 2.13 bits per heavy atom. The van der Waals surface area contributed by atoms with Crippen molar-refractivity contribution in [3.8, 4) is 0 Å². The fourth-order valence-corrected chi connectivity index (χ4v) is 2.73. The molecule has 0 spiro atoms. The molecule has 1 fully saturated rings. The van der Waals surface area contributed by atoms with Gasteiger partial charge in [-0.1, -0.05) is 25.7 Å². The van der Waals surface area contributed by atoms with Crippen molar-refractivity contribution in [1.82, 2.24) is 4.90 Å². The molecule has 0 saturated heterocycles. The van der Waals surface area contributed by atoms with Gasteiger partial charge in [-0.3, -0.25) is 0 Å². The molecule has 2 heteroatoms. The first-order valence-corrected chi connectivity index (χ1v) is 6.58. The molecule has 0 amide bonds. The molecule has 2 nitrogen and oxygen atoms in total. The Labute approximate surface area is 95.2 Å². The van der Waals surface area contributed by atoms with Gasteiger partial charge in [0.05, 0.1) is 0 Å². The van der Waals surface area contributed by atoms with Crippen molar-refractivity contribution >= 4 is 0 Å². The van der Waals surface area contributed by atoms with Crippen LogP contribution >= 0.6 is 0 Å². The largest absolute Gasteiger partial charge is 0.328 e. The van der Waals surface area contributed by atoms with Crippen LogP contribution in [-0.2, 0) is 0 Å². The van der Waals surface area contributed by atoms with E-state index >= 15 is 0 Å². The van der Waals surface area contributed by atoms with Crippen LogP contribution in [0.4, 0.5) is 0 Å². The SMILES string of the molecule is CC(N)CC(C)N(C)C1CCCCCC1. The first kappa shape index (κ1) is 13.0. The fraction of sp³-hybridized carbons (Fsp3) is 1.00.